The van der Waals surface area contributed by atoms with Gasteiger partial charge in [-0.2, -0.15) is 0 Å². The fraction of sp³-hybridized carbons (Fsp3) is 0.571. The van der Waals surface area contributed by atoms with Gasteiger partial charge in [0, 0.05) is 13.1 Å². The van der Waals surface area contributed by atoms with E-state index in [1.165, 1.54) is 18.9 Å². The molecule has 1 saturated carbocycles. The number of aliphatic hydroxyl groups excluding tert-OH is 1. The molecule has 1 aromatic carbocycles. The Balaban J connectivity index is 1.75. The largest absolute Gasteiger partial charge is 0.392 e. The number of hydrogen-bond donors (Lipinski definition) is 2. The Morgan fingerprint density at radius 2 is 1.94 bits per heavy atom. The van der Waals surface area contributed by atoms with Gasteiger partial charge in [-0.15, -0.1) is 0 Å². The van der Waals surface area contributed by atoms with Gasteiger partial charge in [-0.05, 0) is 36.5 Å². The summed E-state index contributed by atoms with van der Waals surface area (Å²) in [5.41, 5.74) is 0.688. The molecule has 1 unspecified atom stereocenters. The molecule has 18 heavy (non-hydrogen) atoms. The molecule has 0 saturated heterocycles. The SMILES string of the molecule is OC(CNCc1ccc(F)c(F)c1)C1CCCC1. The number of halogens is 2. The van der Waals surface area contributed by atoms with Crippen molar-refractivity contribution in [1.82, 2.24) is 5.32 Å². The third-order valence-corrected chi connectivity index (χ3v) is 3.61. The molecule has 100 valence electrons. The minimum atomic E-state index is -0.829. The lowest BCUT2D eigenvalue weighted by Gasteiger charge is -2.18. The monoisotopic (exact) mass is 255 g/mol. The van der Waals surface area contributed by atoms with E-state index < -0.39 is 11.6 Å². The van der Waals surface area contributed by atoms with Crippen molar-refractivity contribution in [3.05, 3.63) is 35.4 Å². The average Bonchev–Trinajstić information content (AvgIpc) is 2.87. The van der Waals surface area contributed by atoms with Crippen LogP contribution in [0.25, 0.3) is 0 Å². The minimum Gasteiger partial charge on any atom is -0.392 e. The molecule has 4 heteroatoms. The normalized spacial score (nSPS) is 18.2. The van der Waals surface area contributed by atoms with Crippen LogP contribution < -0.4 is 5.32 Å². The molecule has 0 radical (unpaired) electrons. The Kier molecular flexibility index (Phi) is 4.66. The molecular formula is C14H19F2NO. The van der Waals surface area contributed by atoms with E-state index in [0.29, 0.717) is 24.6 Å². The molecule has 2 rings (SSSR count). The molecule has 0 amide bonds. The smallest absolute Gasteiger partial charge is 0.159 e. The number of benzene rings is 1. The quantitative estimate of drug-likeness (QED) is 0.847. The van der Waals surface area contributed by atoms with Crippen molar-refractivity contribution in [2.75, 3.05) is 6.54 Å². The van der Waals surface area contributed by atoms with E-state index in [4.69, 9.17) is 0 Å². The number of nitrogens with one attached hydrogen (secondary N) is 1. The molecule has 0 aromatic heterocycles. The Morgan fingerprint density at radius 1 is 1.22 bits per heavy atom. The van der Waals surface area contributed by atoms with Crippen molar-refractivity contribution < 1.29 is 13.9 Å². The highest BCUT2D eigenvalue weighted by Crippen LogP contribution is 2.27. The molecule has 0 aliphatic heterocycles. The van der Waals surface area contributed by atoms with Crippen LogP contribution in [0, 0.1) is 17.6 Å². The first-order valence-electron chi connectivity index (χ1n) is 6.49. The fourth-order valence-corrected chi connectivity index (χ4v) is 2.52. The topological polar surface area (TPSA) is 32.3 Å². The van der Waals surface area contributed by atoms with Crippen molar-refractivity contribution in [1.29, 1.82) is 0 Å². The molecule has 1 aliphatic rings. The van der Waals surface area contributed by atoms with E-state index >= 15 is 0 Å². The van der Waals surface area contributed by atoms with Gasteiger partial charge in [0.15, 0.2) is 11.6 Å². The van der Waals surface area contributed by atoms with E-state index in [1.807, 2.05) is 0 Å². The lowest BCUT2D eigenvalue weighted by Crippen LogP contribution is -2.31. The summed E-state index contributed by atoms with van der Waals surface area (Å²) >= 11 is 0. The Morgan fingerprint density at radius 3 is 2.61 bits per heavy atom. The predicted octanol–water partition coefficient (Wildman–Crippen LogP) is 2.61. The summed E-state index contributed by atoms with van der Waals surface area (Å²) in [5, 5.41) is 13.0. The van der Waals surface area contributed by atoms with Crippen LogP contribution in [0.1, 0.15) is 31.2 Å². The standard InChI is InChI=1S/C14H19F2NO/c15-12-6-5-10(7-13(12)16)8-17-9-14(18)11-3-1-2-4-11/h5-7,11,14,17-18H,1-4,8-9H2. The second-order valence-electron chi connectivity index (χ2n) is 4.99. The first kappa shape index (κ1) is 13.4. The van der Waals surface area contributed by atoms with Crippen molar-refractivity contribution in [3.63, 3.8) is 0 Å². The van der Waals surface area contributed by atoms with Crippen LogP contribution in [0.3, 0.4) is 0 Å². The van der Waals surface area contributed by atoms with Crippen LogP contribution in [0.5, 0.6) is 0 Å². The molecule has 2 N–H and O–H groups in total. The molecule has 1 aromatic rings. The maximum atomic E-state index is 13.0. The molecule has 1 atom stereocenters. The molecule has 0 bridgehead atoms. The van der Waals surface area contributed by atoms with Crippen LogP contribution >= 0.6 is 0 Å². The maximum Gasteiger partial charge on any atom is 0.159 e. The minimum absolute atomic E-state index is 0.335. The van der Waals surface area contributed by atoms with Gasteiger partial charge in [-0.25, -0.2) is 8.78 Å². The van der Waals surface area contributed by atoms with E-state index in [2.05, 4.69) is 5.32 Å². The van der Waals surface area contributed by atoms with Gasteiger partial charge in [0.2, 0.25) is 0 Å². The molecule has 1 fully saturated rings. The molecule has 0 spiro atoms. The number of aliphatic hydroxyl groups is 1. The van der Waals surface area contributed by atoms with Gasteiger partial charge in [0.05, 0.1) is 6.10 Å². The molecular weight excluding hydrogens is 236 g/mol. The Bertz CT molecular complexity index is 391. The van der Waals surface area contributed by atoms with Crippen molar-refractivity contribution in [3.8, 4) is 0 Å². The zero-order valence-electron chi connectivity index (χ0n) is 10.3. The van der Waals surface area contributed by atoms with E-state index in [-0.39, 0.29) is 6.10 Å². The van der Waals surface area contributed by atoms with Gasteiger partial charge in [0.1, 0.15) is 0 Å². The summed E-state index contributed by atoms with van der Waals surface area (Å²) in [4.78, 5) is 0. The summed E-state index contributed by atoms with van der Waals surface area (Å²) in [5.74, 6) is -1.27. The van der Waals surface area contributed by atoms with Gasteiger partial charge in [-0.1, -0.05) is 18.9 Å². The van der Waals surface area contributed by atoms with Gasteiger partial charge >= 0.3 is 0 Å². The first-order chi connectivity index (χ1) is 8.66. The van der Waals surface area contributed by atoms with Crippen molar-refractivity contribution >= 4 is 0 Å². The zero-order chi connectivity index (χ0) is 13.0. The van der Waals surface area contributed by atoms with Crippen LogP contribution in [0.4, 0.5) is 8.78 Å². The summed E-state index contributed by atoms with van der Waals surface area (Å²) in [7, 11) is 0. The molecule has 2 nitrogen and oxygen atoms in total. The van der Waals surface area contributed by atoms with E-state index in [1.54, 1.807) is 6.07 Å². The second-order valence-corrected chi connectivity index (χ2v) is 4.99. The first-order valence-corrected chi connectivity index (χ1v) is 6.49. The van der Waals surface area contributed by atoms with Gasteiger partial charge in [-0.3, -0.25) is 0 Å². The number of rotatable bonds is 5. The summed E-state index contributed by atoms with van der Waals surface area (Å²) in [6, 6.07) is 3.86. The lowest BCUT2D eigenvalue weighted by molar-refractivity contribution is 0.109. The van der Waals surface area contributed by atoms with Crippen LogP contribution in [-0.2, 0) is 6.54 Å². The molecule has 1 aliphatic carbocycles. The summed E-state index contributed by atoms with van der Waals surface area (Å²) in [6.45, 7) is 0.949. The zero-order valence-corrected chi connectivity index (χ0v) is 10.3. The fourth-order valence-electron chi connectivity index (χ4n) is 2.52. The highest BCUT2D eigenvalue weighted by Gasteiger charge is 2.22. The highest BCUT2D eigenvalue weighted by molar-refractivity contribution is 5.17. The van der Waals surface area contributed by atoms with E-state index in [9.17, 15) is 13.9 Å². The Labute approximate surface area is 106 Å². The third kappa shape index (κ3) is 3.50. The maximum absolute atomic E-state index is 13.0. The predicted molar refractivity (Wildman–Crippen MR) is 66.0 cm³/mol. The van der Waals surface area contributed by atoms with Crippen LogP contribution in [0.15, 0.2) is 18.2 Å². The second kappa shape index (κ2) is 6.25. The third-order valence-electron chi connectivity index (χ3n) is 3.61. The summed E-state index contributed by atoms with van der Waals surface area (Å²) in [6.07, 6.45) is 4.25. The summed E-state index contributed by atoms with van der Waals surface area (Å²) < 4.78 is 25.7. The highest BCUT2D eigenvalue weighted by atomic mass is 19.2. The lowest BCUT2D eigenvalue weighted by atomic mass is 10.0. The molecule has 0 heterocycles. The van der Waals surface area contributed by atoms with E-state index in [0.717, 1.165) is 18.9 Å². The van der Waals surface area contributed by atoms with Crippen LogP contribution in [0.2, 0.25) is 0 Å². The number of hydrogen-bond acceptors (Lipinski definition) is 2. The average molecular weight is 255 g/mol. The van der Waals surface area contributed by atoms with Gasteiger partial charge < -0.3 is 10.4 Å². The van der Waals surface area contributed by atoms with Crippen LogP contribution in [-0.4, -0.2) is 17.8 Å². The van der Waals surface area contributed by atoms with Crippen molar-refractivity contribution in [2.45, 2.75) is 38.3 Å². The van der Waals surface area contributed by atoms with Gasteiger partial charge in [0.25, 0.3) is 0 Å². The Hall–Kier alpha value is -1.00. The van der Waals surface area contributed by atoms with Crippen molar-refractivity contribution in [2.24, 2.45) is 5.92 Å².